The maximum absolute atomic E-state index is 11.4. The zero-order valence-corrected chi connectivity index (χ0v) is 12.3. The lowest BCUT2D eigenvalue weighted by atomic mass is 9.96. The molecule has 0 spiro atoms. The monoisotopic (exact) mass is 297 g/mol. The first-order chi connectivity index (χ1) is 9.60. The number of esters is 1. The van der Waals surface area contributed by atoms with E-state index in [1.165, 1.54) is 7.11 Å². The fourth-order valence-corrected chi connectivity index (χ4v) is 2.78. The van der Waals surface area contributed by atoms with E-state index in [1.807, 2.05) is 12.1 Å². The molecule has 20 heavy (non-hydrogen) atoms. The molecule has 1 atom stereocenters. The third-order valence-electron chi connectivity index (χ3n) is 3.79. The molecule has 1 unspecified atom stereocenters. The predicted molar refractivity (Wildman–Crippen MR) is 77.6 cm³/mol. The quantitative estimate of drug-likeness (QED) is 0.866. The molecule has 5 heteroatoms. The van der Waals surface area contributed by atoms with Crippen molar-refractivity contribution in [3.8, 4) is 0 Å². The van der Waals surface area contributed by atoms with Crippen LogP contribution in [0.5, 0.6) is 0 Å². The van der Waals surface area contributed by atoms with Crippen LogP contribution >= 0.6 is 11.6 Å². The van der Waals surface area contributed by atoms with Gasteiger partial charge in [0, 0.05) is 11.6 Å². The average Bonchev–Trinajstić information content (AvgIpc) is 2.47. The van der Waals surface area contributed by atoms with E-state index in [0.717, 1.165) is 31.5 Å². The van der Waals surface area contributed by atoms with Gasteiger partial charge < -0.3 is 14.7 Å². The standard InChI is InChI=1S/C15H20ClNO3/c1-20-15(19)11-5-7-17(8-6-11)10-14(18)12-3-2-4-13(16)9-12/h2-4,9,11,14,18H,5-8,10H2,1H3. The summed E-state index contributed by atoms with van der Waals surface area (Å²) in [4.78, 5) is 13.6. The Morgan fingerprint density at radius 3 is 2.80 bits per heavy atom. The summed E-state index contributed by atoms with van der Waals surface area (Å²) in [5.41, 5.74) is 0.826. The second-order valence-electron chi connectivity index (χ2n) is 5.17. The molecule has 0 saturated carbocycles. The summed E-state index contributed by atoms with van der Waals surface area (Å²) in [6, 6.07) is 7.29. The van der Waals surface area contributed by atoms with E-state index >= 15 is 0 Å². The highest BCUT2D eigenvalue weighted by molar-refractivity contribution is 6.30. The van der Waals surface area contributed by atoms with Crippen molar-refractivity contribution >= 4 is 17.6 Å². The molecular weight excluding hydrogens is 278 g/mol. The van der Waals surface area contributed by atoms with Crippen molar-refractivity contribution in [1.29, 1.82) is 0 Å². The Bertz CT molecular complexity index is 458. The van der Waals surface area contributed by atoms with Gasteiger partial charge in [0.15, 0.2) is 0 Å². The summed E-state index contributed by atoms with van der Waals surface area (Å²) in [5, 5.41) is 10.9. The van der Waals surface area contributed by atoms with Gasteiger partial charge in [0.2, 0.25) is 0 Å². The number of benzene rings is 1. The number of ether oxygens (including phenoxy) is 1. The zero-order valence-electron chi connectivity index (χ0n) is 11.6. The van der Waals surface area contributed by atoms with Crippen LogP contribution in [0, 0.1) is 5.92 Å². The molecule has 1 aliphatic rings. The number of piperidine rings is 1. The Balaban J connectivity index is 1.85. The lowest BCUT2D eigenvalue weighted by Gasteiger charge is -2.32. The molecule has 0 aromatic heterocycles. The number of hydrogen-bond donors (Lipinski definition) is 1. The Kier molecular flexibility index (Phi) is 5.40. The Labute approximate surface area is 124 Å². The summed E-state index contributed by atoms with van der Waals surface area (Å²) in [6.07, 6.45) is 1.02. The molecule has 0 aliphatic carbocycles. The number of likely N-dealkylation sites (tertiary alicyclic amines) is 1. The maximum Gasteiger partial charge on any atom is 0.308 e. The number of halogens is 1. The summed E-state index contributed by atoms with van der Waals surface area (Å²) < 4.78 is 4.77. The highest BCUT2D eigenvalue weighted by atomic mass is 35.5. The van der Waals surface area contributed by atoms with Crippen LogP contribution in [0.15, 0.2) is 24.3 Å². The first kappa shape index (κ1) is 15.3. The molecule has 1 aromatic rings. The molecule has 1 saturated heterocycles. The van der Waals surface area contributed by atoms with Gasteiger partial charge in [0.05, 0.1) is 19.1 Å². The van der Waals surface area contributed by atoms with Crippen LogP contribution < -0.4 is 0 Å². The predicted octanol–water partition coefficient (Wildman–Crippen LogP) is 2.26. The van der Waals surface area contributed by atoms with Crippen LogP contribution in [0.25, 0.3) is 0 Å². The first-order valence-corrected chi connectivity index (χ1v) is 7.21. The first-order valence-electron chi connectivity index (χ1n) is 6.84. The maximum atomic E-state index is 11.4. The summed E-state index contributed by atoms with van der Waals surface area (Å²) >= 11 is 5.93. The van der Waals surface area contributed by atoms with Crippen molar-refractivity contribution < 1.29 is 14.6 Å². The number of β-amino-alcohol motifs (C(OH)–C–C–N with tert-alkyl or cyclic N) is 1. The van der Waals surface area contributed by atoms with E-state index in [2.05, 4.69) is 4.90 Å². The highest BCUT2D eigenvalue weighted by Crippen LogP contribution is 2.22. The number of methoxy groups -OCH3 is 1. The molecule has 2 rings (SSSR count). The number of rotatable bonds is 4. The van der Waals surface area contributed by atoms with Crippen molar-refractivity contribution in [3.63, 3.8) is 0 Å². The topological polar surface area (TPSA) is 49.8 Å². The molecule has 1 fully saturated rings. The molecule has 0 amide bonds. The van der Waals surface area contributed by atoms with Crippen molar-refractivity contribution in [2.45, 2.75) is 18.9 Å². The summed E-state index contributed by atoms with van der Waals surface area (Å²) in [5.74, 6) is -0.125. The molecule has 0 radical (unpaired) electrons. The van der Waals surface area contributed by atoms with Gasteiger partial charge >= 0.3 is 5.97 Å². The number of carbonyl (C=O) groups is 1. The van der Waals surface area contributed by atoms with Crippen LogP contribution in [0.4, 0.5) is 0 Å². The Morgan fingerprint density at radius 1 is 1.50 bits per heavy atom. The SMILES string of the molecule is COC(=O)C1CCN(CC(O)c2cccc(Cl)c2)CC1. The minimum absolute atomic E-state index is 0.000405. The lowest BCUT2D eigenvalue weighted by molar-refractivity contribution is -0.147. The number of hydrogen-bond acceptors (Lipinski definition) is 4. The third-order valence-corrected chi connectivity index (χ3v) is 4.02. The zero-order chi connectivity index (χ0) is 14.5. The van der Waals surface area contributed by atoms with Gasteiger partial charge in [-0.1, -0.05) is 23.7 Å². The van der Waals surface area contributed by atoms with Crippen LogP contribution in [-0.4, -0.2) is 42.7 Å². The Morgan fingerprint density at radius 2 is 2.20 bits per heavy atom. The average molecular weight is 298 g/mol. The smallest absolute Gasteiger partial charge is 0.308 e. The minimum atomic E-state index is -0.552. The molecule has 1 heterocycles. The van der Waals surface area contributed by atoms with Crippen LogP contribution in [0.2, 0.25) is 5.02 Å². The van der Waals surface area contributed by atoms with Gasteiger partial charge in [-0.25, -0.2) is 0 Å². The van der Waals surface area contributed by atoms with E-state index in [4.69, 9.17) is 16.3 Å². The van der Waals surface area contributed by atoms with Gasteiger partial charge in [-0.05, 0) is 43.6 Å². The van der Waals surface area contributed by atoms with E-state index in [0.29, 0.717) is 11.6 Å². The third kappa shape index (κ3) is 3.95. The van der Waals surface area contributed by atoms with Crippen molar-refractivity contribution in [2.24, 2.45) is 5.92 Å². The fourth-order valence-electron chi connectivity index (χ4n) is 2.58. The highest BCUT2D eigenvalue weighted by Gasteiger charge is 2.26. The number of carbonyl (C=O) groups excluding carboxylic acids is 1. The van der Waals surface area contributed by atoms with Crippen molar-refractivity contribution in [1.82, 2.24) is 4.90 Å². The van der Waals surface area contributed by atoms with Crippen LogP contribution in [0.3, 0.4) is 0 Å². The molecule has 4 nitrogen and oxygen atoms in total. The lowest BCUT2D eigenvalue weighted by Crippen LogP contribution is -2.38. The van der Waals surface area contributed by atoms with Gasteiger partial charge in [-0.15, -0.1) is 0 Å². The van der Waals surface area contributed by atoms with Gasteiger partial charge in [0.25, 0.3) is 0 Å². The van der Waals surface area contributed by atoms with E-state index in [-0.39, 0.29) is 11.9 Å². The van der Waals surface area contributed by atoms with Gasteiger partial charge in [-0.2, -0.15) is 0 Å². The van der Waals surface area contributed by atoms with E-state index in [9.17, 15) is 9.90 Å². The molecule has 1 N–H and O–H groups in total. The molecule has 110 valence electrons. The number of aliphatic hydroxyl groups is 1. The summed E-state index contributed by atoms with van der Waals surface area (Å²) in [6.45, 7) is 2.17. The van der Waals surface area contributed by atoms with E-state index in [1.54, 1.807) is 12.1 Å². The molecule has 1 aromatic carbocycles. The molecular formula is C15H20ClNO3. The van der Waals surface area contributed by atoms with Crippen LogP contribution in [-0.2, 0) is 9.53 Å². The number of aliphatic hydroxyl groups excluding tert-OH is 1. The van der Waals surface area contributed by atoms with Crippen molar-refractivity contribution in [3.05, 3.63) is 34.9 Å². The Hall–Kier alpha value is -1.10. The molecule has 1 aliphatic heterocycles. The van der Waals surface area contributed by atoms with Crippen LogP contribution in [0.1, 0.15) is 24.5 Å². The van der Waals surface area contributed by atoms with E-state index < -0.39 is 6.10 Å². The number of nitrogens with zero attached hydrogens (tertiary/aromatic N) is 1. The molecule has 0 bridgehead atoms. The minimum Gasteiger partial charge on any atom is -0.469 e. The van der Waals surface area contributed by atoms with Gasteiger partial charge in [-0.3, -0.25) is 4.79 Å². The van der Waals surface area contributed by atoms with Gasteiger partial charge in [0.1, 0.15) is 0 Å². The normalized spacial score (nSPS) is 18.8. The second kappa shape index (κ2) is 7.07. The largest absolute Gasteiger partial charge is 0.469 e. The van der Waals surface area contributed by atoms with Crippen molar-refractivity contribution in [2.75, 3.05) is 26.7 Å². The second-order valence-corrected chi connectivity index (χ2v) is 5.61. The summed E-state index contributed by atoms with van der Waals surface area (Å²) in [7, 11) is 1.43. The fraction of sp³-hybridized carbons (Fsp3) is 0.533.